The summed E-state index contributed by atoms with van der Waals surface area (Å²) in [5, 5.41) is 42.3. The fourth-order valence-corrected chi connectivity index (χ4v) is 4.50. The lowest BCUT2D eigenvalue weighted by Crippen LogP contribution is -2.32. The molecule has 0 aromatic heterocycles. The van der Waals surface area contributed by atoms with Gasteiger partial charge in [0.15, 0.2) is 34.5 Å². The first kappa shape index (κ1) is 44.7. The van der Waals surface area contributed by atoms with Crippen molar-refractivity contribution >= 4 is 84.4 Å². The monoisotopic (exact) mass is 800 g/mol. The molecule has 5 rings (SSSR count). The maximum atomic E-state index is 11.9. The molecule has 0 spiro atoms. The van der Waals surface area contributed by atoms with Gasteiger partial charge in [-0.2, -0.15) is 0 Å². The van der Waals surface area contributed by atoms with Crippen LogP contribution in [0.4, 0.5) is 0 Å². The van der Waals surface area contributed by atoms with E-state index in [0.29, 0.717) is 20.3 Å². The number of aromatic hydroxyl groups is 3. The number of thiol groups is 3. The first-order valence-electron chi connectivity index (χ1n) is 15.1. The molecule has 13 nitrogen and oxygen atoms in total. The summed E-state index contributed by atoms with van der Waals surface area (Å²) < 4.78 is 9.50. The van der Waals surface area contributed by atoms with Gasteiger partial charge in [0.2, 0.25) is 17.3 Å². The molecular weight excluding hydrogens is 769 g/mol. The maximum Gasteiger partial charge on any atom is 0.365 e. The van der Waals surface area contributed by atoms with Crippen molar-refractivity contribution < 1.29 is 53.6 Å². The predicted octanol–water partition coefficient (Wildman–Crippen LogP) is 6.61. The third kappa shape index (κ3) is 11.8. The van der Waals surface area contributed by atoms with Crippen molar-refractivity contribution in [2.24, 2.45) is 0 Å². The summed E-state index contributed by atoms with van der Waals surface area (Å²) in [4.78, 5) is 69.1. The zero-order valence-corrected chi connectivity index (χ0v) is 31.5. The number of benzene rings is 3. The summed E-state index contributed by atoms with van der Waals surface area (Å²) in [7, 11) is 0. The molecule has 0 unspecified atom stereocenters. The molecule has 0 saturated carbocycles. The lowest BCUT2D eigenvalue weighted by molar-refractivity contribution is -0.128. The molecule has 55 heavy (non-hydrogen) atoms. The smallest absolute Gasteiger partial charge is 0.365 e. The summed E-state index contributed by atoms with van der Waals surface area (Å²) in [5.41, 5.74) is -0.310. The van der Waals surface area contributed by atoms with E-state index in [1.807, 2.05) is 0 Å². The van der Waals surface area contributed by atoms with E-state index in [4.69, 9.17) is 25.4 Å². The first-order valence-corrected chi connectivity index (χ1v) is 16.5. The molecule has 0 fully saturated rings. The minimum Gasteiger partial charge on any atom is -0.504 e. The Morgan fingerprint density at radius 1 is 0.745 bits per heavy atom. The molecule has 0 saturated heterocycles. The van der Waals surface area contributed by atoms with Crippen LogP contribution in [0, 0.1) is 10.8 Å². The number of hydrogen-bond donors (Lipinski definition) is 8. The maximum absolute atomic E-state index is 11.9. The average Bonchev–Trinajstić information content (AvgIpc) is 3.15. The average molecular weight is 801 g/mol. The van der Waals surface area contributed by atoms with Crippen LogP contribution in [0.5, 0.6) is 28.7 Å². The topological polar surface area (TPSA) is 229 Å². The fourth-order valence-electron chi connectivity index (χ4n) is 3.94. The Bertz CT molecular complexity index is 2180. The Balaban J connectivity index is 0.000000257. The molecule has 5 N–H and O–H groups in total. The largest absolute Gasteiger partial charge is 0.504 e. The minimum absolute atomic E-state index is 0.0478. The summed E-state index contributed by atoms with van der Waals surface area (Å²) in [6.45, 7) is 15.4. The van der Waals surface area contributed by atoms with Gasteiger partial charge in [-0.3, -0.25) is 30.0 Å². The van der Waals surface area contributed by atoms with Crippen molar-refractivity contribution in [2.45, 2.75) is 16.7 Å². The van der Waals surface area contributed by atoms with Crippen LogP contribution in [0.15, 0.2) is 131 Å². The second-order valence-electron chi connectivity index (χ2n) is 10.6. The molecule has 0 radical (unpaired) electrons. The molecule has 16 heteroatoms. The highest BCUT2D eigenvalue weighted by Gasteiger charge is 2.32. The van der Waals surface area contributed by atoms with Crippen molar-refractivity contribution in [3.8, 4) is 28.7 Å². The Morgan fingerprint density at radius 3 is 1.62 bits per heavy atom. The molecule has 0 atom stereocenters. The summed E-state index contributed by atoms with van der Waals surface area (Å²) in [6.07, 6.45) is 7.29. The number of phenolic OH excluding ortho intramolecular Hbond substituents is 3. The van der Waals surface area contributed by atoms with Gasteiger partial charge in [-0.25, -0.2) is 9.59 Å². The second-order valence-corrected chi connectivity index (χ2v) is 12.2. The molecule has 2 heterocycles. The molecule has 0 bridgehead atoms. The summed E-state index contributed by atoms with van der Waals surface area (Å²) in [6, 6.07) is 11.5. The third-order valence-electron chi connectivity index (χ3n) is 6.82. The van der Waals surface area contributed by atoms with Crippen LogP contribution in [0.2, 0.25) is 0 Å². The van der Waals surface area contributed by atoms with E-state index in [0.717, 1.165) is 6.07 Å². The van der Waals surface area contributed by atoms with Gasteiger partial charge in [0.05, 0.1) is 16.7 Å². The van der Waals surface area contributed by atoms with E-state index in [1.165, 1.54) is 55.5 Å². The number of esters is 2. The number of ketones is 4. The Kier molecular flexibility index (Phi) is 16.3. The lowest BCUT2D eigenvalue weighted by Gasteiger charge is -2.14. The van der Waals surface area contributed by atoms with Crippen LogP contribution < -0.4 is 9.47 Å². The van der Waals surface area contributed by atoms with Gasteiger partial charge < -0.3 is 24.8 Å². The second kappa shape index (κ2) is 20.1. The Hall–Kier alpha value is -6.49. The number of rotatable bonds is 7. The van der Waals surface area contributed by atoms with Gasteiger partial charge in [0.1, 0.15) is 11.5 Å². The molecular formula is C39H32N2O11S3. The van der Waals surface area contributed by atoms with Crippen molar-refractivity contribution in [3.05, 3.63) is 138 Å². The van der Waals surface area contributed by atoms with Gasteiger partial charge in [0, 0.05) is 25.8 Å². The van der Waals surface area contributed by atoms with E-state index < -0.39 is 58.0 Å². The number of phenols is 3. The highest BCUT2D eigenvalue weighted by molar-refractivity contribution is 7.84. The molecule has 282 valence electrons. The minimum atomic E-state index is -0.908. The van der Waals surface area contributed by atoms with Crippen molar-refractivity contribution in [3.63, 3.8) is 0 Å². The number of allylic oxidation sites excluding steroid dienone is 7. The number of Topliss-reactive ketones (excluding diaryl/α,β-unsaturated/α-hetero) is 4. The highest BCUT2D eigenvalue weighted by Crippen LogP contribution is 2.38. The fraction of sp³-hybridized carbons (Fsp3) is 0.0256. The predicted molar refractivity (Wildman–Crippen MR) is 214 cm³/mol. The molecule has 0 aliphatic carbocycles. The van der Waals surface area contributed by atoms with Gasteiger partial charge in [-0.15, -0.1) is 37.9 Å². The number of carbonyl (C=O) groups excluding carboxylic acids is 6. The van der Waals surface area contributed by atoms with E-state index in [9.17, 15) is 39.0 Å². The van der Waals surface area contributed by atoms with Crippen LogP contribution in [-0.4, -0.2) is 61.8 Å². The van der Waals surface area contributed by atoms with Gasteiger partial charge in [-0.05, 0) is 61.5 Å². The van der Waals surface area contributed by atoms with E-state index in [-0.39, 0.29) is 39.5 Å². The van der Waals surface area contributed by atoms with E-state index in [1.54, 1.807) is 24.3 Å². The SMILES string of the molecule is C=C/C(S)=C\C(=C)C(C)=O.C=C/C=C(\C=C)C(=O)c1ccc(O)c(O)c1O.N=C1C(=O)Oc2ccc(S)cc2C1=O.N=C1C(=O)Oc2ccc(S)cc2C1=O. The Morgan fingerprint density at radius 2 is 1.22 bits per heavy atom. The quantitative estimate of drug-likeness (QED) is 0.0241. The van der Waals surface area contributed by atoms with Gasteiger partial charge >= 0.3 is 11.9 Å². The number of ether oxygens (including phenoxy) is 2. The van der Waals surface area contributed by atoms with Gasteiger partial charge in [-0.1, -0.05) is 50.6 Å². The summed E-state index contributed by atoms with van der Waals surface area (Å²) >= 11 is 12.1. The zero-order valence-electron chi connectivity index (χ0n) is 28.8. The van der Waals surface area contributed by atoms with Crippen LogP contribution in [0.25, 0.3) is 0 Å². The Labute approximate surface area is 330 Å². The zero-order chi connectivity index (χ0) is 41.7. The normalized spacial score (nSPS) is 13.0. The molecule has 3 aromatic rings. The van der Waals surface area contributed by atoms with Crippen molar-refractivity contribution in [1.29, 1.82) is 10.8 Å². The number of hydrogen-bond acceptors (Lipinski definition) is 16. The van der Waals surface area contributed by atoms with Crippen LogP contribution in [0.3, 0.4) is 0 Å². The standard InChI is InChI=1S/C13H12O4.2C9H5NO3S.C8H10OS/c1-3-5-8(4-2)11(15)9-6-7-10(14)13(17)12(9)16;2*10-7-8(11)5-3-4(14)1-2-6(5)13-9(7)12;1-4-8(10)5-6(2)7(3)9/h3-7,14,16-17H,1-2H2;2*1-3,10,14H;4-5,10H,1-2H2,3H3/b8-5+;;;8-5+. The molecule has 0 amide bonds. The molecule has 2 aliphatic rings. The first-order chi connectivity index (χ1) is 25.8. The lowest BCUT2D eigenvalue weighted by atomic mass is 10.0. The van der Waals surface area contributed by atoms with Crippen LogP contribution in [-0.2, 0) is 14.4 Å². The molecule has 3 aromatic carbocycles. The van der Waals surface area contributed by atoms with Crippen LogP contribution >= 0.6 is 37.9 Å². The highest BCUT2D eigenvalue weighted by atomic mass is 32.1. The molecule has 2 aliphatic heterocycles. The number of nitrogens with one attached hydrogen (secondary N) is 2. The third-order valence-corrected chi connectivity index (χ3v) is 7.69. The van der Waals surface area contributed by atoms with E-state index in [2.05, 4.69) is 64.2 Å². The van der Waals surface area contributed by atoms with Crippen molar-refractivity contribution in [1.82, 2.24) is 0 Å². The summed E-state index contributed by atoms with van der Waals surface area (Å²) in [5.74, 6) is -5.12. The van der Waals surface area contributed by atoms with Gasteiger partial charge in [0.25, 0.3) is 0 Å². The van der Waals surface area contributed by atoms with Crippen molar-refractivity contribution in [2.75, 3.05) is 0 Å². The number of fused-ring (bicyclic) bond motifs is 2. The van der Waals surface area contributed by atoms with E-state index >= 15 is 0 Å². The number of carbonyl (C=O) groups is 6. The van der Waals surface area contributed by atoms with Crippen LogP contribution in [0.1, 0.15) is 38.0 Å².